The molecule has 0 aliphatic heterocycles. The molecule has 4 N–H and O–H groups in total. The fraction of sp³-hybridized carbons (Fsp3) is 0.364. The summed E-state index contributed by atoms with van der Waals surface area (Å²) < 4.78 is 11.2. The molecule has 6 heteroatoms. The molecule has 0 saturated heterocycles. The summed E-state index contributed by atoms with van der Waals surface area (Å²) in [6.45, 7) is 2.33. The zero-order valence-electron chi connectivity index (χ0n) is 9.77. The first kappa shape index (κ1) is 13.5. The Balaban J connectivity index is 2.79. The van der Waals surface area contributed by atoms with Crippen molar-refractivity contribution in [3.05, 3.63) is 23.8 Å². The monoisotopic (exact) mass is 256 g/mol. The van der Waals surface area contributed by atoms with Crippen molar-refractivity contribution in [2.24, 2.45) is 0 Å². The number of carboxylic acids is 1. The maximum absolute atomic E-state index is 11.2. The molecule has 5 nitrogen and oxygen atoms in total. The molecule has 0 amide bonds. The standard InChI is InChI=1S/C11H16N2O3S/c1-7(17(2)16)6-13-10-5-8(11(14)15)3-4-9(10)12/h3-5,7,13H,6,12H2,1-2H3,(H,14,15). The average molecular weight is 256 g/mol. The van der Waals surface area contributed by atoms with Crippen LogP contribution in [-0.4, -0.2) is 33.3 Å². The van der Waals surface area contributed by atoms with Crippen LogP contribution < -0.4 is 11.1 Å². The second-order valence-electron chi connectivity index (χ2n) is 3.80. The summed E-state index contributed by atoms with van der Waals surface area (Å²) in [7, 11) is -0.924. The Morgan fingerprint density at radius 3 is 2.76 bits per heavy atom. The summed E-state index contributed by atoms with van der Waals surface area (Å²) in [5.74, 6) is -1.000. The van der Waals surface area contributed by atoms with E-state index in [1.165, 1.54) is 12.1 Å². The van der Waals surface area contributed by atoms with Crippen LogP contribution in [0.3, 0.4) is 0 Å². The first-order valence-corrected chi connectivity index (χ1v) is 6.73. The third-order valence-corrected chi connectivity index (χ3v) is 3.75. The number of hydrogen-bond donors (Lipinski definition) is 3. The van der Waals surface area contributed by atoms with E-state index >= 15 is 0 Å². The quantitative estimate of drug-likeness (QED) is 0.687. The summed E-state index contributed by atoms with van der Waals surface area (Å²) in [6.07, 6.45) is 1.63. The third-order valence-electron chi connectivity index (χ3n) is 2.45. The van der Waals surface area contributed by atoms with Crippen molar-refractivity contribution in [1.82, 2.24) is 0 Å². The van der Waals surface area contributed by atoms with Crippen molar-refractivity contribution in [2.75, 3.05) is 23.9 Å². The summed E-state index contributed by atoms with van der Waals surface area (Å²) in [5.41, 5.74) is 6.93. The highest BCUT2D eigenvalue weighted by Crippen LogP contribution is 2.20. The van der Waals surface area contributed by atoms with Crippen molar-refractivity contribution in [1.29, 1.82) is 0 Å². The number of anilines is 2. The van der Waals surface area contributed by atoms with E-state index < -0.39 is 16.8 Å². The molecule has 17 heavy (non-hydrogen) atoms. The van der Waals surface area contributed by atoms with Gasteiger partial charge in [0.2, 0.25) is 0 Å². The van der Waals surface area contributed by atoms with Gasteiger partial charge in [0.1, 0.15) is 0 Å². The van der Waals surface area contributed by atoms with Crippen molar-refractivity contribution in [3.63, 3.8) is 0 Å². The van der Waals surface area contributed by atoms with Gasteiger partial charge < -0.3 is 16.2 Å². The number of nitrogens with two attached hydrogens (primary N) is 1. The van der Waals surface area contributed by atoms with Gasteiger partial charge >= 0.3 is 5.97 Å². The molecule has 1 aromatic rings. The van der Waals surface area contributed by atoms with E-state index in [1.807, 2.05) is 6.92 Å². The van der Waals surface area contributed by atoms with Crippen molar-refractivity contribution >= 4 is 28.1 Å². The normalized spacial score (nSPS) is 14.0. The van der Waals surface area contributed by atoms with Gasteiger partial charge in [-0.15, -0.1) is 0 Å². The van der Waals surface area contributed by atoms with Crippen molar-refractivity contribution < 1.29 is 14.1 Å². The number of carbonyl (C=O) groups is 1. The Kier molecular flexibility index (Phi) is 4.51. The minimum atomic E-state index is -1.000. The summed E-state index contributed by atoms with van der Waals surface area (Å²) in [4.78, 5) is 10.8. The van der Waals surface area contributed by atoms with Crippen molar-refractivity contribution in [2.45, 2.75) is 12.2 Å². The second kappa shape index (κ2) is 5.67. The number of carboxylic acid groups (broad SMARTS) is 1. The van der Waals surface area contributed by atoms with Gasteiger partial charge in [0, 0.05) is 28.9 Å². The summed E-state index contributed by atoms with van der Waals surface area (Å²) in [5, 5.41) is 11.8. The van der Waals surface area contributed by atoms with Crippen LogP contribution in [0.2, 0.25) is 0 Å². The van der Waals surface area contributed by atoms with Crippen LogP contribution in [0.25, 0.3) is 0 Å². The number of aromatic carboxylic acids is 1. The lowest BCUT2D eigenvalue weighted by Crippen LogP contribution is -2.21. The predicted molar refractivity (Wildman–Crippen MR) is 69.8 cm³/mol. The average Bonchev–Trinajstić information content (AvgIpc) is 2.26. The van der Waals surface area contributed by atoms with Gasteiger partial charge in [-0.05, 0) is 25.1 Å². The predicted octanol–water partition coefficient (Wildman–Crippen LogP) is 1.15. The molecule has 0 radical (unpaired) electrons. The molecule has 0 fully saturated rings. The number of benzene rings is 1. The van der Waals surface area contributed by atoms with E-state index in [0.717, 1.165) is 0 Å². The molecule has 0 bridgehead atoms. The number of hydrogen-bond acceptors (Lipinski definition) is 4. The topological polar surface area (TPSA) is 92.4 Å². The number of rotatable bonds is 5. The molecule has 2 atom stereocenters. The highest BCUT2D eigenvalue weighted by molar-refractivity contribution is 7.84. The lowest BCUT2D eigenvalue weighted by atomic mass is 10.1. The highest BCUT2D eigenvalue weighted by atomic mass is 32.2. The number of nitrogens with one attached hydrogen (secondary N) is 1. The summed E-state index contributed by atoms with van der Waals surface area (Å²) in [6, 6.07) is 4.46. The Hall–Kier alpha value is -1.56. The Labute approximate surface area is 102 Å². The molecule has 0 aromatic heterocycles. The zero-order chi connectivity index (χ0) is 13.0. The molecule has 1 aromatic carbocycles. The smallest absolute Gasteiger partial charge is 0.335 e. The lowest BCUT2D eigenvalue weighted by Gasteiger charge is -2.13. The molecule has 0 spiro atoms. The van der Waals surface area contributed by atoms with Gasteiger partial charge in [0.05, 0.1) is 16.9 Å². The van der Waals surface area contributed by atoms with E-state index in [9.17, 15) is 9.00 Å². The molecule has 0 heterocycles. The van der Waals surface area contributed by atoms with E-state index in [4.69, 9.17) is 10.8 Å². The first-order valence-electron chi connectivity index (χ1n) is 5.10. The molecular formula is C11H16N2O3S. The molecule has 2 unspecified atom stereocenters. The van der Waals surface area contributed by atoms with Gasteiger partial charge in [0.15, 0.2) is 0 Å². The first-order chi connectivity index (χ1) is 7.91. The van der Waals surface area contributed by atoms with Gasteiger partial charge in [0.25, 0.3) is 0 Å². The third kappa shape index (κ3) is 3.74. The maximum Gasteiger partial charge on any atom is 0.335 e. The van der Waals surface area contributed by atoms with Gasteiger partial charge in [-0.3, -0.25) is 4.21 Å². The van der Waals surface area contributed by atoms with Gasteiger partial charge in [-0.1, -0.05) is 0 Å². The lowest BCUT2D eigenvalue weighted by molar-refractivity contribution is 0.0697. The molecule has 1 rings (SSSR count). The Morgan fingerprint density at radius 1 is 1.59 bits per heavy atom. The SMILES string of the molecule is CC(CNc1cc(C(=O)O)ccc1N)S(C)=O. The van der Waals surface area contributed by atoms with Crippen LogP contribution >= 0.6 is 0 Å². The van der Waals surface area contributed by atoms with Crippen LogP contribution in [-0.2, 0) is 10.8 Å². The van der Waals surface area contributed by atoms with Crippen LogP contribution in [0, 0.1) is 0 Å². The molecule has 0 saturated carbocycles. The van der Waals surface area contributed by atoms with Crippen LogP contribution in [0.15, 0.2) is 18.2 Å². The van der Waals surface area contributed by atoms with Crippen LogP contribution in [0.1, 0.15) is 17.3 Å². The Bertz CT molecular complexity index is 448. The zero-order valence-corrected chi connectivity index (χ0v) is 10.6. The number of nitrogen functional groups attached to an aromatic ring is 1. The fourth-order valence-electron chi connectivity index (χ4n) is 1.21. The van der Waals surface area contributed by atoms with Gasteiger partial charge in [-0.25, -0.2) is 4.79 Å². The van der Waals surface area contributed by atoms with E-state index in [2.05, 4.69) is 5.32 Å². The molecule has 94 valence electrons. The Morgan fingerprint density at radius 2 is 2.24 bits per heavy atom. The minimum Gasteiger partial charge on any atom is -0.478 e. The highest BCUT2D eigenvalue weighted by Gasteiger charge is 2.09. The van der Waals surface area contributed by atoms with Gasteiger partial charge in [-0.2, -0.15) is 0 Å². The molecular weight excluding hydrogens is 240 g/mol. The maximum atomic E-state index is 11.2. The summed E-state index contributed by atoms with van der Waals surface area (Å²) >= 11 is 0. The van der Waals surface area contributed by atoms with E-state index in [1.54, 1.807) is 12.3 Å². The fourth-order valence-corrected chi connectivity index (χ4v) is 1.53. The molecule has 0 aliphatic rings. The second-order valence-corrected chi connectivity index (χ2v) is 5.60. The minimum absolute atomic E-state index is 0.0251. The van der Waals surface area contributed by atoms with Crippen LogP contribution in [0.4, 0.5) is 11.4 Å². The van der Waals surface area contributed by atoms with E-state index in [0.29, 0.717) is 17.9 Å². The van der Waals surface area contributed by atoms with E-state index in [-0.39, 0.29) is 10.8 Å². The molecule has 0 aliphatic carbocycles. The largest absolute Gasteiger partial charge is 0.478 e. The van der Waals surface area contributed by atoms with Crippen molar-refractivity contribution in [3.8, 4) is 0 Å². The van der Waals surface area contributed by atoms with Crippen LogP contribution in [0.5, 0.6) is 0 Å².